The van der Waals surface area contributed by atoms with Crippen LogP contribution in [0.1, 0.15) is 31.4 Å². The van der Waals surface area contributed by atoms with E-state index < -0.39 is 11.2 Å². The second kappa shape index (κ2) is 4.38. The van der Waals surface area contributed by atoms with Crippen LogP contribution in [0.15, 0.2) is 33.5 Å². The fourth-order valence-corrected chi connectivity index (χ4v) is 2.73. The summed E-state index contributed by atoms with van der Waals surface area (Å²) in [5, 5.41) is 11.8. The molecule has 1 saturated carbocycles. The van der Waals surface area contributed by atoms with Gasteiger partial charge in [0.05, 0.1) is 12.5 Å². The van der Waals surface area contributed by atoms with Crippen LogP contribution in [-0.2, 0) is 5.60 Å². The molecule has 2 aromatic rings. The lowest BCUT2D eigenvalue weighted by Crippen LogP contribution is -2.22. The maximum atomic E-state index is 12.0. The van der Waals surface area contributed by atoms with Gasteiger partial charge in [-0.25, -0.2) is 4.79 Å². The molecule has 4 nitrogen and oxygen atoms in total. The predicted octanol–water partition coefficient (Wildman–Crippen LogP) is 2.56. The van der Waals surface area contributed by atoms with E-state index in [-0.39, 0.29) is 0 Å². The summed E-state index contributed by atoms with van der Waals surface area (Å²) in [5.74, 6) is 1.05. The molecule has 0 saturated heterocycles. The smallest absolute Gasteiger partial charge is 0.343 e. The molecule has 0 spiro atoms. The highest BCUT2D eigenvalue weighted by atomic mass is 16.5. The maximum absolute atomic E-state index is 12.0. The van der Waals surface area contributed by atoms with Crippen LogP contribution in [0.5, 0.6) is 5.75 Å². The molecule has 4 heteroatoms. The number of hydrogen-bond acceptors (Lipinski definition) is 4. The number of ether oxygens (including phenoxy) is 1. The largest absolute Gasteiger partial charge is 0.497 e. The SMILES string of the molecule is COc1ccc2c(=O)oc(C3(O)CCCC3)cc2c1. The highest BCUT2D eigenvalue weighted by Gasteiger charge is 2.36. The minimum absolute atomic E-state index is 0.371. The summed E-state index contributed by atoms with van der Waals surface area (Å²) in [6.07, 6.45) is 3.20. The average Bonchev–Trinajstić information content (AvgIpc) is 2.86. The Kier molecular flexibility index (Phi) is 2.82. The zero-order valence-electron chi connectivity index (χ0n) is 10.8. The van der Waals surface area contributed by atoms with Crippen LogP contribution in [0.25, 0.3) is 10.8 Å². The number of hydrogen-bond donors (Lipinski definition) is 1. The van der Waals surface area contributed by atoms with Gasteiger partial charge in [0, 0.05) is 0 Å². The van der Waals surface area contributed by atoms with Crippen LogP contribution in [0, 0.1) is 0 Å². The molecule has 1 aromatic carbocycles. The van der Waals surface area contributed by atoms with E-state index in [0.717, 1.165) is 18.2 Å². The summed E-state index contributed by atoms with van der Waals surface area (Å²) in [5.41, 5.74) is -1.40. The maximum Gasteiger partial charge on any atom is 0.343 e. The molecule has 0 unspecified atom stereocenters. The summed E-state index contributed by atoms with van der Waals surface area (Å²) in [6, 6.07) is 6.95. The van der Waals surface area contributed by atoms with Crippen molar-refractivity contribution >= 4 is 10.8 Å². The molecule has 1 heterocycles. The number of aliphatic hydroxyl groups is 1. The topological polar surface area (TPSA) is 59.7 Å². The van der Waals surface area contributed by atoms with Gasteiger partial charge >= 0.3 is 5.63 Å². The van der Waals surface area contributed by atoms with Crippen LogP contribution >= 0.6 is 0 Å². The molecular formula is C15H16O4. The van der Waals surface area contributed by atoms with Crippen LogP contribution in [0.2, 0.25) is 0 Å². The van der Waals surface area contributed by atoms with Crippen molar-refractivity contribution in [2.45, 2.75) is 31.3 Å². The number of methoxy groups -OCH3 is 1. The number of benzene rings is 1. The van der Waals surface area contributed by atoms with Gasteiger partial charge < -0.3 is 14.3 Å². The molecule has 1 aliphatic carbocycles. The normalized spacial score (nSPS) is 17.8. The average molecular weight is 260 g/mol. The lowest BCUT2D eigenvalue weighted by atomic mass is 9.97. The lowest BCUT2D eigenvalue weighted by Gasteiger charge is -2.20. The zero-order chi connectivity index (χ0) is 13.5. The van der Waals surface area contributed by atoms with Gasteiger partial charge in [-0.05, 0) is 55.3 Å². The molecule has 100 valence electrons. The van der Waals surface area contributed by atoms with E-state index in [4.69, 9.17) is 9.15 Å². The molecule has 0 amide bonds. The van der Waals surface area contributed by atoms with Crippen molar-refractivity contribution in [1.82, 2.24) is 0 Å². The molecule has 0 radical (unpaired) electrons. The Bertz CT molecular complexity index is 665. The molecular weight excluding hydrogens is 244 g/mol. The molecule has 0 aliphatic heterocycles. The first-order valence-electron chi connectivity index (χ1n) is 6.47. The molecule has 0 atom stereocenters. The van der Waals surface area contributed by atoms with Crippen molar-refractivity contribution in [1.29, 1.82) is 0 Å². The Balaban J connectivity index is 2.19. The second-order valence-electron chi connectivity index (χ2n) is 5.09. The first-order chi connectivity index (χ1) is 9.12. The second-order valence-corrected chi connectivity index (χ2v) is 5.09. The van der Waals surface area contributed by atoms with E-state index in [2.05, 4.69) is 0 Å². The summed E-state index contributed by atoms with van der Waals surface area (Å²) in [6.45, 7) is 0. The Morgan fingerprint density at radius 2 is 2.00 bits per heavy atom. The van der Waals surface area contributed by atoms with E-state index in [0.29, 0.717) is 29.7 Å². The minimum atomic E-state index is -0.990. The quantitative estimate of drug-likeness (QED) is 0.901. The van der Waals surface area contributed by atoms with Gasteiger partial charge in [-0.3, -0.25) is 0 Å². The van der Waals surface area contributed by atoms with E-state index >= 15 is 0 Å². The van der Waals surface area contributed by atoms with Crippen molar-refractivity contribution in [2.24, 2.45) is 0 Å². The number of rotatable bonds is 2. The van der Waals surface area contributed by atoms with Crippen LogP contribution in [0.4, 0.5) is 0 Å². The fraction of sp³-hybridized carbons (Fsp3) is 0.400. The highest BCUT2D eigenvalue weighted by Crippen LogP contribution is 2.38. The lowest BCUT2D eigenvalue weighted by molar-refractivity contribution is 0.0194. The first kappa shape index (κ1) is 12.2. The number of fused-ring (bicyclic) bond motifs is 1. The van der Waals surface area contributed by atoms with E-state index in [1.54, 1.807) is 31.4 Å². The molecule has 19 heavy (non-hydrogen) atoms. The van der Waals surface area contributed by atoms with Gasteiger partial charge in [0.25, 0.3) is 0 Å². The Hall–Kier alpha value is -1.81. The van der Waals surface area contributed by atoms with E-state index in [9.17, 15) is 9.90 Å². The summed E-state index contributed by atoms with van der Waals surface area (Å²) >= 11 is 0. The summed E-state index contributed by atoms with van der Waals surface area (Å²) < 4.78 is 10.5. The van der Waals surface area contributed by atoms with Crippen molar-refractivity contribution in [3.05, 3.63) is 40.4 Å². The molecule has 1 aromatic heterocycles. The summed E-state index contributed by atoms with van der Waals surface area (Å²) in [4.78, 5) is 12.0. The highest BCUT2D eigenvalue weighted by molar-refractivity contribution is 5.82. The van der Waals surface area contributed by atoms with E-state index in [1.165, 1.54) is 0 Å². The molecule has 1 N–H and O–H groups in total. The van der Waals surface area contributed by atoms with Crippen LogP contribution in [0.3, 0.4) is 0 Å². The van der Waals surface area contributed by atoms with Crippen molar-refractivity contribution < 1.29 is 14.3 Å². The van der Waals surface area contributed by atoms with Crippen molar-refractivity contribution in [2.75, 3.05) is 7.11 Å². The van der Waals surface area contributed by atoms with Gasteiger partial charge in [-0.15, -0.1) is 0 Å². The molecule has 3 rings (SSSR count). The zero-order valence-corrected chi connectivity index (χ0v) is 10.8. The Morgan fingerprint density at radius 1 is 1.26 bits per heavy atom. The minimum Gasteiger partial charge on any atom is -0.497 e. The first-order valence-corrected chi connectivity index (χ1v) is 6.47. The third-order valence-electron chi connectivity index (χ3n) is 3.86. The third kappa shape index (κ3) is 2.02. The van der Waals surface area contributed by atoms with Crippen LogP contribution in [-0.4, -0.2) is 12.2 Å². The molecule has 1 aliphatic rings. The van der Waals surface area contributed by atoms with Gasteiger partial charge in [-0.1, -0.05) is 0 Å². The monoisotopic (exact) mass is 260 g/mol. The Morgan fingerprint density at radius 3 is 2.68 bits per heavy atom. The van der Waals surface area contributed by atoms with Crippen LogP contribution < -0.4 is 10.4 Å². The standard InChI is InChI=1S/C15H16O4/c1-18-11-4-5-12-10(8-11)9-13(19-14(12)16)15(17)6-2-3-7-15/h4-5,8-9,17H,2-3,6-7H2,1H3. The predicted molar refractivity (Wildman–Crippen MR) is 71.4 cm³/mol. The Labute approximate surface area is 110 Å². The van der Waals surface area contributed by atoms with Gasteiger partial charge in [0.1, 0.15) is 17.1 Å². The third-order valence-corrected chi connectivity index (χ3v) is 3.86. The van der Waals surface area contributed by atoms with Crippen molar-refractivity contribution in [3.8, 4) is 5.75 Å². The van der Waals surface area contributed by atoms with Crippen molar-refractivity contribution in [3.63, 3.8) is 0 Å². The summed E-state index contributed by atoms with van der Waals surface area (Å²) in [7, 11) is 1.58. The van der Waals surface area contributed by atoms with Gasteiger partial charge in [0.2, 0.25) is 0 Å². The van der Waals surface area contributed by atoms with Gasteiger partial charge in [0.15, 0.2) is 0 Å². The van der Waals surface area contributed by atoms with E-state index in [1.807, 2.05) is 0 Å². The van der Waals surface area contributed by atoms with Gasteiger partial charge in [-0.2, -0.15) is 0 Å². The fourth-order valence-electron chi connectivity index (χ4n) is 2.73. The molecule has 0 bridgehead atoms. The molecule has 1 fully saturated rings.